The van der Waals surface area contributed by atoms with Crippen molar-refractivity contribution in [3.8, 4) is 5.75 Å². The third-order valence-electron chi connectivity index (χ3n) is 6.51. The molecule has 5 heteroatoms. The standard InChI is InChI=1S/C29H25BNO3/c1-16-6-9-25(24(10-16)29(32)33)30-19(4)23-12-17(2)11-22-18(3)13-27(34-28(22)23)20-7-8-21-15-31(5)26(21)14-20/h6-15,19H,3H2,1-2,4-5H3/p+1. The van der Waals surface area contributed by atoms with Crippen LogP contribution in [0, 0.1) is 13.8 Å². The minimum absolute atomic E-state index is 0.0702. The molecule has 1 unspecified atom stereocenters. The fourth-order valence-corrected chi connectivity index (χ4v) is 4.69. The number of carboxylic acids is 1. The third kappa shape index (κ3) is 3.77. The van der Waals surface area contributed by atoms with Gasteiger partial charge in [-0.1, -0.05) is 42.7 Å². The van der Waals surface area contributed by atoms with E-state index in [9.17, 15) is 9.90 Å². The van der Waals surface area contributed by atoms with Gasteiger partial charge in [0.2, 0.25) is 5.69 Å². The zero-order valence-corrected chi connectivity index (χ0v) is 19.8. The zero-order chi connectivity index (χ0) is 24.1. The van der Waals surface area contributed by atoms with Crippen LogP contribution in [0.2, 0.25) is 0 Å². The van der Waals surface area contributed by atoms with Gasteiger partial charge in [-0.15, -0.1) is 0 Å². The van der Waals surface area contributed by atoms with Gasteiger partial charge < -0.3 is 9.84 Å². The Hall–Kier alpha value is -3.86. The molecule has 5 rings (SSSR count). The summed E-state index contributed by atoms with van der Waals surface area (Å²) in [6, 6.07) is 16.0. The van der Waals surface area contributed by atoms with E-state index in [-0.39, 0.29) is 5.82 Å². The Bertz CT molecular complexity index is 1450. The highest BCUT2D eigenvalue weighted by molar-refractivity contribution is 6.56. The highest BCUT2D eigenvalue weighted by Gasteiger charge is 2.27. The average Bonchev–Trinajstić information content (AvgIpc) is 2.79. The smallest absolute Gasteiger partial charge is 0.335 e. The number of benzene rings is 3. The van der Waals surface area contributed by atoms with Crippen molar-refractivity contribution in [2.45, 2.75) is 26.6 Å². The molecule has 2 aliphatic rings. The largest absolute Gasteiger partial charge is 0.478 e. The number of carbonyl (C=O) groups is 1. The first-order chi connectivity index (χ1) is 16.2. The van der Waals surface area contributed by atoms with Gasteiger partial charge in [0, 0.05) is 17.2 Å². The van der Waals surface area contributed by atoms with Crippen molar-refractivity contribution in [1.82, 2.24) is 0 Å². The van der Waals surface area contributed by atoms with E-state index in [0.29, 0.717) is 11.0 Å². The Morgan fingerprint density at radius 1 is 1.09 bits per heavy atom. The molecule has 0 spiro atoms. The van der Waals surface area contributed by atoms with Gasteiger partial charge in [0.25, 0.3) is 0 Å². The number of nitrogens with zero attached hydrogens (tertiary/aromatic N) is 1. The number of hydrogen-bond acceptors (Lipinski definition) is 2. The lowest BCUT2D eigenvalue weighted by atomic mass is 9.56. The molecule has 1 N–H and O–H groups in total. The highest BCUT2D eigenvalue weighted by Crippen LogP contribution is 2.42. The monoisotopic (exact) mass is 447 g/mol. The maximum absolute atomic E-state index is 11.8. The van der Waals surface area contributed by atoms with Crippen molar-refractivity contribution in [3.05, 3.63) is 100 Å². The highest BCUT2D eigenvalue weighted by atomic mass is 16.5. The van der Waals surface area contributed by atoms with Crippen LogP contribution in [0.5, 0.6) is 5.75 Å². The summed E-state index contributed by atoms with van der Waals surface area (Å²) in [7, 11) is 4.03. The molecule has 0 amide bonds. The molecule has 4 nitrogen and oxygen atoms in total. The number of allylic oxidation sites excluding steroid dienone is 2. The molecule has 1 atom stereocenters. The Morgan fingerprint density at radius 3 is 2.62 bits per heavy atom. The molecule has 0 saturated heterocycles. The third-order valence-corrected chi connectivity index (χ3v) is 6.51. The van der Waals surface area contributed by atoms with Gasteiger partial charge in [0.1, 0.15) is 24.1 Å². The molecule has 2 aliphatic heterocycles. The van der Waals surface area contributed by atoms with Crippen molar-refractivity contribution in [2.24, 2.45) is 0 Å². The second kappa shape index (κ2) is 8.17. The Balaban J connectivity index is 1.52. The first-order valence-electron chi connectivity index (χ1n) is 11.4. The number of aromatic carboxylic acids is 1. The molecule has 167 valence electrons. The quantitative estimate of drug-likeness (QED) is 0.430. The van der Waals surface area contributed by atoms with E-state index in [1.165, 1.54) is 11.3 Å². The first kappa shape index (κ1) is 22.0. The predicted molar refractivity (Wildman–Crippen MR) is 138 cm³/mol. The molecule has 0 bridgehead atoms. The summed E-state index contributed by atoms with van der Waals surface area (Å²) in [6.07, 6.45) is 4.09. The van der Waals surface area contributed by atoms with Gasteiger partial charge in [0.05, 0.1) is 5.56 Å². The molecule has 0 fully saturated rings. The normalized spacial score (nSPS) is 14.6. The van der Waals surface area contributed by atoms with Crippen LogP contribution in [0.4, 0.5) is 5.69 Å². The predicted octanol–water partition coefficient (Wildman–Crippen LogP) is 5.25. The van der Waals surface area contributed by atoms with Crippen LogP contribution < -0.4 is 10.2 Å². The van der Waals surface area contributed by atoms with Crippen molar-refractivity contribution < 1.29 is 19.2 Å². The number of carboxylic acid groups (broad SMARTS) is 1. The SMILES string of the molecule is C=C1C=C(c2ccc3c(c2)[N+](C)=C3)Oc2c1cc(C)cc2C(C)[B]c1ccc(C)cc1C(=O)O. The maximum atomic E-state index is 11.8. The van der Waals surface area contributed by atoms with Crippen LogP contribution in [0.1, 0.15) is 56.5 Å². The number of hydrogen-bond donors (Lipinski definition) is 1. The lowest BCUT2D eigenvalue weighted by molar-refractivity contribution is -0.411. The lowest BCUT2D eigenvalue weighted by Crippen LogP contribution is -2.27. The summed E-state index contributed by atoms with van der Waals surface area (Å²) in [4.78, 5) is 11.8. The lowest BCUT2D eigenvalue weighted by Gasteiger charge is -2.26. The Labute approximate surface area is 200 Å². The second-order valence-electron chi connectivity index (χ2n) is 9.23. The van der Waals surface area contributed by atoms with Crippen molar-refractivity contribution >= 4 is 41.9 Å². The second-order valence-corrected chi connectivity index (χ2v) is 9.23. The summed E-state index contributed by atoms with van der Waals surface area (Å²) < 4.78 is 8.62. The van der Waals surface area contributed by atoms with E-state index in [2.05, 4.69) is 61.5 Å². The van der Waals surface area contributed by atoms with Crippen LogP contribution in [-0.4, -0.2) is 36.2 Å². The molecule has 2 heterocycles. The van der Waals surface area contributed by atoms with Crippen LogP contribution >= 0.6 is 0 Å². The molecule has 1 radical (unpaired) electrons. The van der Waals surface area contributed by atoms with E-state index in [4.69, 9.17) is 4.74 Å². The summed E-state index contributed by atoms with van der Waals surface area (Å²) in [5, 5.41) is 9.70. The van der Waals surface area contributed by atoms with Crippen molar-refractivity contribution in [2.75, 3.05) is 7.05 Å². The first-order valence-corrected chi connectivity index (χ1v) is 11.4. The molecule has 3 aromatic rings. The van der Waals surface area contributed by atoms with Gasteiger partial charge in [-0.3, -0.25) is 0 Å². The summed E-state index contributed by atoms with van der Waals surface area (Å²) in [5.74, 6) is 0.549. The number of fused-ring (bicyclic) bond motifs is 2. The van der Waals surface area contributed by atoms with Crippen molar-refractivity contribution in [3.63, 3.8) is 0 Å². The van der Waals surface area contributed by atoms with E-state index < -0.39 is 5.97 Å². The molecular weight excluding hydrogens is 421 g/mol. The maximum Gasteiger partial charge on any atom is 0.335 e. The van der Waals surface area contributed by atoms with E-state index in [1.807, 2.05) is 39.5 Å². The fourth-order valence-electron chi connectivity index (χ4n) is 4.69. The van der Waals surface area contributed by atoms with Gasteiger partial charge in [-0.05, 0) is 66.7 Å². The summed E-state index contributed by atoms with van der Waals surface area (Å²) >= 11 is 0. The molecule has 34 heavy (non-hydrogen) atoms. The molecule has 3 aromatic carbocycles. The fraction of sp³-hybridized carbons (Fsp3) is 0.172. The van der Waals surface area contributed by atoms with Crippen LogP contribution in [0.15, 0.2) is 61.2 Å². The minimum Gasteiger partial charge on any atom is -0.478 e. The van der Waals surface area contributed by atoms with Crippen LogP contribution in [-0.2, 0) is 0 Å². The van der Waals surface area contributed by atoms with Gasteiger partial charge >= 0.3 is 5.97 Å². The molecule has 0 aromatic heterocycles. The molecule has 0 aliphatic carbocycles. The van der Waals surface area contributed by atoms with E-state index in [1.54, 1.807) is 6.07 Å². The van der Waals surface area contributed by atoms with Gasteiger partial charge in [-0.2, -0.15) is 4.58 Å². The number of aryl methyl sites for hydroxylation is 2. The van der Waals surface area contributed by atoms with Gasteiger partial charge in [-0.25, -0.2) is 4.79 Å². The number of ether oxygens (including phenoxy) is 1. The minimum atomic E-state index is -0.925. The molecular formula is C29H26BNO3+. The van der Waals surface area contributed by atoms with E-state index >= 15 is 0 Å². The van der Waals surface area contributed by atoms with Crippen LogP contribution in [0.3, 0.4) is 0 Å². The average molecular weight is 447 g/mol. The summed E-state index contributed by atoms with van der Waals surface area (Å²) in [6.45, 7) is 10.3. The van der Waals surface area contributed by atoms with Crippen LogP contribution in [0.25, 0.3) is 11.3 Å². The topological polar surface area (TPSA) is 49.5 Å². The Morgan fingerprint density at radius 2 is 1.88 bits per heavy atom. The van der Waals surface area contributed by atoms with Gasteiger partial charge in [0.15, 0.2) is 13.5 Å². The molecule has 0 saturated carbocycles. The Kier molecular flexibility index (Phi) is 5.28. The van der Waals surface area contributed by atoms with E-state index in [0.717, 1.165) is 44.9 Å². The zero-order valence-electron chi connectivity index (χ0n) is 19.8. The summed E-state index contributed by atoms with van der Waals surface area (Å²) in [5.41, 5.74) is 9.30. The van der Waals surface area contributed by atoms with Crippen molar-refractivity contribution in [1.29, 1.82) is 0 Å². The number of rotatable bonds is 5.